The number of hydrogen-bond donors (Lipinski definition) is 0. The van der Waals surface area contributed by atoms with Crippen LogP contribution in [0, 0.1) is 6.92 Å². The minimum Gasteiger partial charge on any atom is -0.337 e. The molecule has 1 aliphatic rings. The lowest BCUT2D eigenvalue weighted by Gasteiger charge is -2.39. The Kier molecular flexibility index (Phi) is 6.65. The second-order valence-electron chi connectivity index (χ2n) is 9.84. The van der Waals surface area contributed by atoms with Gasteiger partial charge in [-0.2, -0.15) is 13.2 Å². The molecule has 0 aliphatic carbocycles. The number of fused-ring (bicyclic) bond motifs is 1. The van der Waals surface area contributed by atoms with E-state index >= 15 is 0 Å². The first kappa shape index (κ1) is 26.4. The van der Waals surface area contributed by atoms with Crippen molar-refractivity contribution in [3.8, 4) is 11.1 Å². The Balaban J connectivity index is 1.47. The number of carbonyl (C=O) groups excluding carboxylic acids is 1. The number of rotatable bonds is 4. The molecule has 1 aromatic carbocycles. The van der Waals surface area contributed by atoms with Crippen LogP contribution >= 0.6 is 0 Å². The van der Waals surface area contributed by atoms with E-state index in [1.165, 1.54) is 22.5 Å². The molecular formula is C27H28F3N7O2. The zero-order valence-corrected chi connectivity index (χ0v) is 22.0. The van der Waals surface area contributed by atoms with Crippen molar-refractivity contribution in [2.45, 2.75) is 39.5 Å². The molecule has 0 saturated carbocycles. The lowest BCUT2D eigenvalue weighted by molar-refractivity contribution is -0.138. The molecule has 0 spiro atoms. The maximum Gasteiger partial charge on any atom is 0.418 e. The minimum atomic E-state index is -4.57. The van der Waals surface area contributed by atoms with Crippen molar-refractivity contribution in [2.75, 3.05) is 24.5 Å². The molecule has 1 saturated heterocycles. The number of benzene rings is 1. The molecule has 0 bridgehead atoms. The van der Waals surface area contributed by atoms with Crippen LogP contribution in [-0.2, 0) is 24.6 Å². The van der Waals surface area contributed by atoms with Crippen LogP contribution in [-0.4, -0.2) is 60.8 Å². The maximum atomic E-state index is 13.7. The summed E-state index contributed by atoms with van der Waals surface area (Å²) in [6.45, 7) is 6.78. The van der Waals surface area contributed by atoms with Gasteiger partial charge in [-0.05, 0) is 43.7 Å². The highest BCUT2D eigenvalue weighted by Gasteiger charge is 2.34. The van der Waals surface area contributed by atoms with E-state index < -0.39 is 11.7 Å². The summed E-state index contributed by atoms with van der Waals surface area (Å²) < 4.78 is 43.8. The Hall–Kier alpha value is -4.22. The van der Waals surface area contributed by atoms with Crippen LogP contribution in [0.15, 0.2) is 47.5 Å². The molecule has 3 aromatic heterocycles. The molecule has 4 aromatic rings. The van der Waals surface area contributed by atoms with Crippen molar-refractivity contribution in [3.05, 3.63) is 70.0 Å². The largest absolute Gasteiger partial charge is 0.418 e. The van der Waals surface area contributed by atoms with E-state index in [1.807, 2.05) is 16.7 Å². The average Bonchev–Trinajstić information content (AvgIpc) is 3.12. The van der Waals surface area contributed by atoms with Crippen LogP contribution in [0.5, 0.6) is 0 Å². The summed E-state index contributed by atoms with van der Waals surface area (Å²) >= 11 is 0. The standard InChI is InChI=1S/C27H28F3N7O2/c1-16-5-8-22(27(28,29)30)23(33-16)15-37-24-11-19(6-7-21(24)25(39)34(37)4)20-12-31-26(32-13-20)35-9-10-36(18(3)38)17(2)14-35/h5-8,11-13,17H,9-10,14-15H2,1-4H3. The number of nitrogens with zero attached hydrogens (tertiary/aromatic N) is 7. The third-order valence-electron chi connectivity index (χ3n) is 7.17. The number of alkyl halides is 3. The van der Waals surface area contributed by atoms with Gasteiger partial charge in [0.15, 0.2) is 0 Å². The van der Waals surface area contributed by atoms with Crippen molar-refractivity contribution in [3.63, 3.8) is 0 Å². The molecule has 0 N–H and O–H groups in total. The Morgan fingerprint density at radius 3 is 2.44 bits per heavy atom. The fourth-order valence-electron chi connectivity index (χ4n) is 5.11. The van der Waals surface area contributed by atoms with E-state index in [-0.39, 0.29) is 29.7 Å². The van der Waals surface area contributed by atoms with Crippen molar-refractivity contribution >= 4 is 22.8 Å². The van der Waals surface area contributed by atoms with Crippen molar-refractivity contribution in [2.24, 2.45) is 7.05 Å². The topological polar surface area (TPSA) is 89.2 Å². The van der Waals surface area contributed by atoms with Gasteiger partial charge in [0.1, 0.15) is 0 Å². The van der Waals surface area contributed by atoms with Gasteiger partial charge in [0, 0.05) is 63.3 Å². The first-order valence-corrected chi connectivity index (χ1v) is 12.5. The normalized spacial score (nSPS) is 16.2. The molecule has 12 heteroatoms. The second kappa shape index (κ2) is 9.83. The highest BCUT2D eigenvalue weighted by molar-refractivity contribution is 5.84. The SMILES string of the molecule is CC(=O)N1CCN(c2ncc(-c3ccc4c(=O)n(C)n(Cc5nc(C)ccc5C(F)(F)F)c4c3)cn2)CC1C. The molecule has 9 nitrogen and oxygen atoms in total. The molecule has 1 atom stereocenters. The summed E-state index contributed by atoms with van der Waals surface area (Å²) in [6.07, 6.45) is -1.21. The fraction of sp³-hybridized carbons (Fsp3) is 0.370. The van der Waals surface area contributed by atoms with Gasteiger partial charge in [-0.1, -0.05) is 6.07 Å². The highest BCUT2D eigenvalue weighted by Crippen LogP contribution is 2.32. The van der Waals surface area contributed by atoms with Gasteiger partial charge in [-0.25, -0.2) is 9.97 Å². The smallest absolute Gasteiger partial charge is 0.337 e. The van der Waals surface area contributed by atoms with Crippen LogP contribution in [0.4, 0.5) is 19.1 Å². The second-order valence-corrected chi connectivity index (χ2v) is 9.84. The van der Waals surface area contributed by atoms with Crippen molar-refractivity contribution in [1.82, 2.24) is 29.2 Å². The van der Waals surface area contributed by atoms with Crippen LogP contribution in [0.1, 0.15) is 30.8 Å². The summed E-state index contributed by atoms with van der Waals surface area (Å²) in [4.78, 5) is 41.7. The molecule has 4 heterocycles. The number of pyridine rings is 1. The number of carbonyl (C=O) groups is 1. The van der Waals surface area contributed by atoms with Gasteiger partial charge >= 0.3 is 6.18 Å². The Morgan fingerprint density at radius 1 is 1.08 bits per heavy atom. The third-order valence-corrected chi connectivity index (χ3v) is 7.17. The van der Waals surface area contributed by atoms with Crippen LogP contribution in [0.2, 0.25) is 0 Å². The molecule has 204 valence electrons. The van der Waals surface area contributed by atoms with Crippen LogP contribution in [0.25, 0.3) is 22.0 Å². The van der Waals surface area contributed by atoms with E-state index in [2.05, 4.69) is 15.0 Å². The summed E-state index contributed by atoms with van der Waals surface area (Å²) in [5.41, 5.74) is 1.04. The molecule has 0 radical (unpaired) electrons. The van der Waals surface area contributed by atoms with Gasteiger partial charge in [0.2, 0.25) is 11.9 Å². The van der Waals surface area contributed by atoms with Gasteiger partial charge in [-0.3, -0.25) is 23.9 Å². The number of aromatic nitrogens is 5. The lowest BCUT2D eigenvalue weighted by Crippen LogP contribution is -2.53. The first-order chi connectivity index (χ1) is 18.4. The van der Waals surface area contributed by atoms with Crippen LogP contribution in [0.3, 0.4) is 0 Å². The Labute approximate surface area is 222 Å². The van der Waals surface area contributed by atoms with Crippen molar-refractivity contribution < 1.29 is 18.0 Å². The lowest BCUT2D eigenvalue weighted by atomic mass is 10.1. The van der Waals surface area contributed by atoms with Gasteiger partial charge in [-0.15, -0.1) is 0 Å². The van der Waals surface area contributed by atoms with E-state index in [4.69, 9.17) is 0 Å². The monoisotopic (exact) mass is 539 g/mol. The van der Waals surface area contributed by atoms with E-state index in [9.17, 15) is 22.8 Å². The summed E-state index contributed by atoms with van der Waals surface area (Å²) in [5, 5.41) is 0.386. The van der Waals surface area contributed by atoms with E-state index in [1.54, 1.807) is 44.4 Å². The zero-order valence-electron chi connectivity index (χ0n) is 22.0. The van der Waals surface area contributed by atoms with Gasteiger partial charge in [0.25, 0.3) is 5.56 Å². The molecule has 39 heavy (non-hydrogen) atoms. The summed E-state index contributed by atoms with van der Waals surface area (Å²) in [5.74, 6) is 0.595. The molecule has 1 aliphatic heterocycles. The predicted molar refractivity (Wildman–Crippen MR) is 140 cm³/mol. The quantitative estimate of drug-likeness (QED) is 0.394. The summed E-state index contributed by atoms with van der Waals surface area (Å²) in [7, 11) is 1.52. The van der Waals surface area contributed by atoms with Gasteiger partial charge in [0.05, 0.1) is 28.7 Å². The van der Waals surface area contributed by atoms with E-state index in [0.29, 0.717) is 47.7 Å². The average molecular weight is 540 g/mol. The number of halogens is 3. The van der Waals surface area contributed by atoms with Crippen LogP contribution < -0.4 is 10.5 Å². The number of hydrogen-bond acceptors (Lipinski definition) is 6. The predicted octanol–water partition coefficient (Wildman–Crippen LogP) is 3.62. The molecular weight excluding hydrogens is 511 g/mol. The molecule has 1 fully saturated rings. The number of amides is 1. The minimum absolute atomic E-state index is 0.0394. The van der Waals surface area contributed by atoms with Crippen molar-refractivity contribution in [1.29, 1.82) is 0 Å². The number of aryl methyl sites for hydroxylation is 1. The summed E-state index contributed by atoms with van der Waals surface area (Å²) in [6, 6.07) is 7.57. The molecule has 1 unspecified atom stereocenters. The number of anilines is 1. The third kappa shape index (κ3) is 4.98. The molecule has 1 amide bonds. The Morgan fingerprint density at radius 2 is 1.79 bits per heavy atom. The maximum absolute atomic E-state index is 13.7. The fourth-order valence-corrected chi connectivity index (χ4v) is 5.11. The zero-order chi connectivity index (χ0) is 28.1. The first-order valence-electron chi connectivity index (χ1n) is 12.5. The Bertz CT molecular complexity index is 1610. The van der Waals surface area contributed by atoms with E-state index in [0.717, 1.165) is 11.6 Å². The molecule has 5 rings (SSSR count). The van der Waals surface area contributed by atoms with Gasteiger partial charge < -0.3 is 9.80 Å². The number of piperazine rings is 1. The highest BCUT2D eigenvalue weighted by atomic mass is 19.4.